The van der Waals surface area contributed by atoms with Gasteiger partial charge in [-0.1, -0.05) is 35.0 Å². The molecule has 20 heavy (non-hydrogen) atoms. The molecular formula is C15H20BrN3O. The molecule has 0 saturated carbocycles. The Kier molecular flexibility index (Phi) is 4.96. The minimum atomic E-state index is -0.844. The number of benzene rings is 1. The standard InChI is InChI=1S/C15H20BrN3O/c1-3-15(20,13-4-6-14(16)7-5-13)11-17-8-12-9-18-19(2)10-12/h4-7,9-10,17,20H,3,8,11H2,1-2H3. The van der Waals surface area contributed by atoms with Crippen LogP contribution in [0, 0.1) is 0 Å². The maximum absolute atomic E-state index is 10.8. The Morgan fingerprint density at radius 3 is 2.60 bits per heavy atom. The summed E-state index contributed by atoms with van der Waals surface area (Å²) in [7, 11) is 1.90. The molecule has 2 rings (SSSR count). The zero-order valence-electron chi connectivity index (χ0n) is 11.8. The summed E-state index contributed by atoms with van der Waals surface area (Å²) < 4.78 is 2.79. The second-order valence-corrected chi connectivity index (χ2v) is 5.93. The average Bonchev–Trinajstić information content (AvgIpc) is 2.85. The number of aromatic nitrogens is 2. The summed E-state index contributed by atoms with van der Waals surface area (Å²) in [6.45, 7) is 3.21. The van der Waals surface area contributed by atoms with Gasteiger partial charge in [0.1, 0.15) is 5.60 Å². The molecule has 5 heteroatoms. The van der Waals surface area contributed by atoms with E-state index in [0.717, 1.165) is 15.6 Å². The van der Waals surface area contributed by atoms with Crippen molar-refractivity contribution in [3.8, 4) is 0 Å². The van der Waals surface area contributed by atoms with Crippen molar-refractivity contribution in [3.05, 3.63) is 52.3 Å². The van der Waals surface area contributed by atoms with Crippen LogP contribution in [0.5, 0.6) is 0 Å². The first-order chi connectivity index (χ1) is 9.53. The Balaban J connectivity index is 1.98. The first-order valence-corrected chi connectivity index (χ1v) is 7.49. The van der Waals surface area contributed by atoms with Crippen LogP contribution in [-0.2, 0) is 19.2 Å². The average molecular weight is 338 g/mol. The quantitative estimate of drug-likeness (QED) is 0.851. The third-order valence-electron chi connectivity index (χ3n) is 3.47. The van der Waals surface area contributed by atoms with Crippen molar-refractivity contribution in [1.29, 1.82) is 0 Å². The highest BCUT2D eigenvalue weighted by Crippen LogP contribution is 2.25. The molecule has 2 N–H and O–H groups in total. The van der Waals surface area contributed by atoms with Crippen LogP contribution in [0.1, 0.15) is 24.5 Å². The molecule has 0 spiro atoms. The molecule has 1 atom stereocenters. The monoisotopic (exact) mass is 337 g/mol. The highest BCUT2D eigenvalue weighted by Gasteiger charge is 2.26. The molecule has 0 aliphatic rings. The lowest BCUT2D eigenvalue weighted by Crippen LogP contribution is -2.37. The van der Waals surface area contributed by atoms with E-state index < -0.39 is 5.60 Å². The number of halogens is 1. The van der Waals surface area contributed by atoms with Crippen LogP contribution in [0.2, 0.25) is 0 Å². The lowest BCUT2D eigenvalue weighted by atomic mass is 9.91. The Bertz CT molecular complexity index is 553. The first kappa shape index (κ1) is 15.2. The second kappa shape index (κ2) is 6.52. The summed E-state index contributed by atoms with van der Waals surface area (Å²) in [4.78, 5) is 0. The molecule has 108 valence electrons. The first-order valence-electron chi connectivity index (χ1n) is 6.70. The van der Waals surface area contributed by atoms with Gasteiger partial charge in [0.15, 0.2) is 0 Å². The van der Waals surface area contributed by atoms with Gasteiger partial charge in [-0.2, -0.15) is 5.10 Å². The lowest BCUT2D eigenvalue weighted by molar-refractivity contribution is 0.0323. The highest BCUT2D eigenvalue weighted by molar-refractivity contribution is 9.10. The summed E-state index contributed by atoms with van der Waals surface area (Å²) in [5.41, 5.74) is 1.20. The van der Waals surface area contributed by atoms with Gasteiger partial charge in [0.05, 0.1) is 6.20 Å². The lowest BCUT2D eigenvalue weighted by Gasteiger charge is -2.28. The molecule has 1 aromatic carbocycles. The van der Waals surface area contributed by atoms with Crippen LogP contribution in [0.25, 0.3) is 0 Å². The van der Waals surface area contributed by atoms with Crippen LogP contribution >= 0.6 is 15.9 Å². The minimum Gasteiger partial charge on any atom is -0.384 e. The second-order valence-electron chi connectivity index (χ2n) is 5.02. The third-order valence-corrected chi connectivity index (χ3v) is 4.00. The van der Waals surface area contributed by atoms with Gasteiger partial charge >= 0.3 is 0 Å². The number of nitrogens with zero attached hydrogens (tertiary/aromatic N) is 2. The van der Waals surface area contributed by atoms with Crippen molar-refractivity contribution >= 4 is 15.9 Å². The number of aliphatic hydroxyl groups is 1. The predicted octanol–water partition coefficient (Wildman–Crippen LogP) is 2.57. The van der Waals surface area contributed by atoms with E-state index in [1.165, 1.54) is 0 Å². The number of hydrogen-bond acceptors (Lipinski definition) is 3. The van der Waals surface area contributed by atoms with Gasteiger partial charge in [-0.05, 0) is 24.1 Å². The third kappa shape index (κ3) is 3.69. The van der Waals surface area contributed by atoms with Gasteiger partial charge in [-0.25, -0.2) is 0 Å². The van der Waals surface area contributed by atoms with Crippen molar-refractivity contribution in [3.63, 3.8) is 0 Å². The fourth-order valence-corrected chi connectivity index (χ4v) is 2.43. The van der Waals surface area contributed by atoms with Gasteiger partial charge in [0.25, 0.3) is 0 Å². The topological polar surface area (TPSA) is 50.1 Å². The van der Waals surface area contributed by atoms with E-state index in [2.05, 4.69) is 26.3 Å². The summed E-state index contributed by atoms with van der Waals surface area (Å²) in [6.07, 6.45) is 4.46. The molecule has 0 amide bonds. The van der Waals surface area contributed by atoms with E-state index in [0.29, 0.717) is 19.5 Å². The van der Waals surface area contributed by atoms with Crippen LogP contribution in [0.4, 0.5) is 0 Å². The Labute approximate surface area is 127 Å². The largest absolute Gasteiger partial charge is 0.384 e. The van der Waals surface area contributed by atoms with Gasteiger partial charge < -0.3 is 10.4 Å². The Morgan fingerprint density at radius 2 is 2.05 bits per heavy atom. The zero-order valence-corrected chi connectivity index (χ0v) is 13.4. The van der Waals surface area contributed by atoms with Crippen molar-refractivity contribution in [2.75, 3.05) is 6.54 Å². The number of rotatable bonds is 6. The van der Waals surface area contributed by atoms with E-state index in [1.54, 1.807) is 4.68 Å². The maximum Gasteiger partial charge on any atom is 0.102 e. The SMILES string of the molecule is CCC(O)(CNCc1cnn(C)c1)c1ccc(Br)cc1. The van der Waals surface area contributed by atoms with Crippen LogP contribution in [0.15, 0.2) is 41.1 Å². The molecule has 4 nitrogen and oxygen atoms in total. The number of hydrogen-bond donors (Lipinski definition) is 2. The summed E-state index contributed by atoms with van der Waals surface area (Å²) in [5.74, 6) is 0. The smallest absolute Gasteiger partial charge is 0.102 e. The van der Waals surface area contributed by atoms with Crippen molar-refractivity contribution in [1.82, 2.24) is 15.1 Å². The van der Waals surface area contributed by atoms with E-state index >= 15 is 0 Å². The molecule has 1 unspecified atom stereocenters. The fourth-order valence-electron chi connectivity index (χ4n) is 2.17. The molecular weight excluding hydrogens is 318 g/mol. The molecule has 1 aromatic heterocycles. The molecule has 1 heterocycles. The molecule has 0 fully saturated rings. The van der Waals surface area contributed by atoms with Crippen molar-refractivity contribution < 1.29 is 5.11 Å². The van der Waals surface area contributed by atoms with Gasteiger partial charge in [-0.3, -0.25) is 4.68 Å². The zero-order chi connectivity index (χ0) is 14.6. The normalized spacial score (nSPS) is 14.2. The molecule has 0 saturated heterocycles. The van der Waals surface area contributed by atoms with Crippen LogP contribution < -0.4 is 5.32 Å². The van der Waals surface area contributed by atoms with E-state index in [1.807, 2.05) is 50.6 Å². The minimum absolute atomic E-state index is 0.514. The molecule has 0 aliphatic carbocycles. The predicted molar refractivity (Wildman–Crippen MR) is 83.2 cm³/mol. The van der Waals surface area contributed by atoms with E-state index in [9.17, 15) is 5.11 Å². The maximum atomic E-state index is 10.8. The summed E-state index contributed by atoms with van der Waals surface area (Å²) in [5, 5.41) is 18.2. The fraction of sp³-hybridized carbons (Fsp3) is 0.400. The molecule has 0 aliphatic heterocycles. The van der Waals surface area contributed by atoms with Gasteiger partial charge in [-0.15, -0.1) is 0 Å². The number of aryl methyl sites for hydroxylation is 1. The van der Waals surface area contributed by atoms with E-state index in [-0.39, 0.29) is 0 Å². The number of nitrogens with one attached hydrogen (secondary N) is 1. The van der Waals surface area contributed by atoms with Gasteiger partial charge in [0.2, 0.25) is 0 Å². The molecule has 0 radical (unpaired) electrons. The van der Waals surface area contributed by atoms with Crippen molar-refractivity contribution in [2.45, 2.75) is 25.5 Å². The molecule has 2 aromatic rings. The Hall–Kier alpha value is -1.17. The van der Waals surface area contributed by atoms with Gasteiger partial charge in [0, 0.05) is 36.4 Å². The Morgan fingerprint density at radius 1 is 1.35 bits per heavy atom. The van der Waals surface area contributed by atoms with Crippen LogP contribution in [0.3, 0.4) is 0 Å². The van der Waals surface area contributed by atoms with Crippen LogP contribution in [-0.4, -0.2) is 21.4 Å². The van der Waals surface area contributed by atoms with Crippen molar-refractivity contribution in [2.24, 2.45) is 7.05 Å². The van der Waals surface area contributed by atoms with E-state index in [4.69, 9.17) is 0 Å². The highest BCUT2D eigenvalue weighted by atomic mass is 79.9. The molecule has 0 bridgehead atoms. The summed E-state index contributed by atoms with van der Waals surface area (Å²) in [6, 6.07) is 7.83. The summed E-state index contributed by atoms with van der Waals surface area (Å²) >= 11 is 3.41.